The molecule has 0 aliphatic heterocycles. The summed E-state index contributed by atoms with van der Waals surface area (Å²) in [5.74, 6) is 0.373. The first-order valence-electron chi connectivity index (χ1n) is 7.13. The van der Waals surface area contributed by atoms with Crippen LogP contribution in [0.5, 0.6) is 0 Å². The van der Waals surface area contributed by atoms with Gasteiger partial charge in [0, 0.05) is 12.7 Å². The van der Waals surface area contributed by atoms with E-state index in [2.05, 4.69) is 27.5 Å². The molecule has 2 rings (SSSR count). The van der Waals surface area contributed by atoms with Crippen molar-refractivity contribution in [3.8, 4) is 0 Å². The Balaban J connectivity index is 1.98. The Hall–Kier alpha value is -2.43. The highest BCUT2D eigenvalue weighted by Gasteiger charge is 2.08. The summed E-state index contributed by atoms with van der Waals surface area (Å²) < 4.78 is 0. The number of carbonyl (C=O) groups excluding carboxylic acids is 1. The van der Waals surface area contributed by atoms with Crippen molar-refractivity contribution in [2.45, 2.75) is 26.2 Å². The highest BCUT2D eigenvalue weighted by atomic mass is 16.1. The second-order valence-corrected chi connectivity index (χ2v) is 4.79. The van der Waals surface area contributed by atoms with E-state index in [4.69, 9.17) is 0 Å². The van der Waals surface area contributed by atoms with Crippen LogP contribution in [0.25, 0.3) is 0 Å². The summed E-state index contributed by atoms with van der Waals surface area (Å²) in [6.45, 7) is 2.18. The van der Waals surface area contributed by atoms with Crippen LogP contribution in [-0.4, -0.2) is 22.9 Å². The van der Waals surface area contributed by atoms with Gasteiger partial charge in [0.1, 0.15) is 11.5 Å². The predicted molar refractivity (Wildman–Crippen MR) is 84.6 cm³/mol. The van der Waals surface area contributed by atoms with E-state index in [9.17, 15) is 4.79 Å². The van der Waals surface area contributed by atoms with Gasteiger partial charge in [0.05, 0.1) is 12.4 Å². The van der Waals surface area contributed by atoms with Gasteiger partial charge in [-0.25, -0.2) is 9.97 Å². The Bertz CT molecular complexity index is 578. The Labute approximate surface area is 124 Å². The number of unbranched alkanes of at least 4 members (excludes halogenated alkanes) is 1. The number of carbonyl (C=O) groups is 1. The second-order valence-electron chi connectivity index (χ2n) is 4.79. The zero-order chi connectivity index (χ0) is 15.1. The van der Waals surface area contributed by atoms with Gasteiger partial charge in [0.25, 0.3) is 5.91 Å². The lowest BCUT2D eigenvalue weighted by Gasteiger charge is -2.06. The average Bonchev–Trinajstić information content (AvgIpc) is 2.54. The number of aromatic nitrogens is 2. The van der Waals surface area contributed by atoms with Crippen LogP contribution in [0.4, 0.5) is 11.5 Å². The smallest absolute Gasteiger partial charge is 0.275 e. The SMILES string of the molecule is CCCCc1ccc(NC(=O)c2cnc(NC)cn2)cc1. The quantitative estimate of drug-likeness (QED) is 0.855. The van der Waals surface area contributed by atoms with Gasteiger partial charge in [-0.3, -0.25) is 4.79 Å². The van der Waals surface area contributed by atoms with Gasteiger partial charge in [-0.2, -0.15) is 0 Å². The van der Waals surface area contributed by atoms with Crippen LogP contribution in [0.2, 0.25) is 0 Å². The van der Waals surface area contributed by atoms with Crippen molar-refractivity contribution in [2.75, 3.05) is 17.7 Å². The Morgan fingerprint density at radius 1 is 1.14 bits per heavy atom. The Morgan fingerprint density at radius 3 is 2.48 bits per heavy atom. The number of aryl methyl sites for hydroxylation is 1. The standard InChI is InChI=1S/C16H20N4O/c1-3-4-5-12-6-8-13(9-7-12)20-16(21)14-10-19-15(17-2)11-18-14/h6-11H,3-5H2,1-2H3,(H,17,19)(H,20,21). The van der Waals surface area contributed by atoms with Crippen molar-refractivity contribution in [2.24, 2.45) is 0 Å². The molecule has 1 aromatic carbocycles. The third kappa shape index (κ3) is 4.27. The molecule has 5 nitrogen and oxygen atoms in total. The summed E-state index contributed by atoms with van der Waals surface area (Å²) in [5.41, 5.74) is 2.34. The van der Waals surface area contributed by atoms with Crippen molar-refractivity contribution >= 4 is 17.4 Å². The summed E-state index contributed by atoms with van der Waals surface area (Å²) in [6.07, 6.45) is 6.42. The third-order valence-electron chi connectivity index (χ3n) is 3.17. The van der Waals surface area contributed by atoms with E-state index in [0.717, 1.165) is 12.1 Å². The number of nitrogens with zero attached hydrogens (tertiary/aromatic N) is 2. The van der Waals surface area contributed by atoms with Gasteiger partial charge in [-0.1, -0.05) is 25.5 Å². The number of hydrogen-bond donors (Lipinski definition) is 2. The minimum atomic E-state index is -0.258. The largest absolute Gasteiger partial charge is 0.372 e. The van der Waals surface area contributed by atoms with Crippen LogP contribution >= 0.6 is 0 Å². The van der Waals surface area contributed by atoms with Crippen LogP contribution in [0.15, 0.2) is 36.7 Å². The van der Waals surface area contributed by atoms with E-state index in [1.807, 2.05) is 24.3 Å². The van der Waals surface area contributed by atoms with Gasteiger partial charge in [0.15, 0.2) is 0 Å². The molecule has 21 heavy (non-hydrogen) atoms. The van der Waals surface area contributed by atoms with Gasteiger partial charge in [-0.15, -0.1) is 0 Å². The fraction of sp³-hybridized carbons (Fsp3) is 0.312. The summed E-state index contributed by atoms with van der Waals surface area (Å²) >= 11 is 0. The molecule has 0 aliphatic rings. The monoisotopic (exact) mass is 284 g/mol. The van der Waals surface area contributed by atoms with Crippen molar-refractivity contribution in [1.82, 2.24) is 9.97 Å². The number of nitrogens with one attached hydrogen (secondary N) is 2. The van der Waals surface area contributed by atoms with Crippen molar-refractivity contribution in [3.63, 3.8) is 0 Å². The van der Waals surface area contributed by atoms with Gasteiger partial charge >= 0.3 is 0 Å². The zero-order valence-electron chi connectivity index (χ0n) is 12.4. The minimum absolute atomic E-state index is 0.258. The lowest BCUT2D eigenvalue weighted by Crippen LogP contribution is -2.14. The van der Waals surface area contributed by atoms with Crippen LogP contribution in [-0.2, 0) is 6.42 Å². The Kier molecular flexibility index (Phi) is 5.26. The molecule has 5 heteroatoms. The highest BCUT2D eigenvalue weighted by molar-refractivity contribution is 6.02. The molecule has 0 unspecified atom stereocenters. The van der Waals surface area contributed by atoms with Gasteiger partial charge < -0.3 is 10.6 Å². The van der Waals surface area contributed by atoms with Crippen LogP contribution < -0.4 is 10.6 Å². The van der Waals surface area contributed by atoms with Gasteiger partial charge in [0.2, 0.25) is 0 Å². The molecule has 1 amide bonds. The van der Waals surface area contributed by atoms with E-state index in [1.54, 1.807) is 7.05 Å². The van der Waals surface area contributed by atoms with E-state index in [-0.39, 0.29) is 5.91 Å². The molecule has 0 aliphatic carbocycles. The van der Waals surface area contributed by atoms with Crippen LogP contribution in [0.3, 0.4) is 0 Å². The normalized spacial score (nSPS) is 10.2. The lowest BCUT2D eigenvalue weighted by atomic mass is 10.1. The molecule has 2 N–H and O–H groups in total. The maximum atomic E-state index is 12.0. The molecule has 0 saturated heterocycles. The molecule has 1 aromatic heterocycles. The number of anilines is 2. The first kappa shape index (κ1) is 15.0. The molecule has 0 saturated carbocycles. The van der Waals surface area contributed by atoms with Gasteiger partial charge in [-0.05, 0) is 30.5 Å². The second kappa shape index (κ2) is 7.38. The number of hydrogen-bond acceptors (Lipinski definition) is 4. The fourth-order valence-electron chi connectivity index (χ4n) is 1.91. The average molecular weight is 284 g/mol. The van der Waals surface area contributed by atoms with Crippen LogP contribution in [0.1, 0.15) is 35.8 Å². The van der Waals surface area contributed by atoms with E-state index in [1.165, 1.54) is 30.8 Å². The molecule has 2 aromatic rings. The lowest BCUT2D eigenvalue weighted by molar-refractivity contribution is 0.102. The molecule has 0 atom stereocenters. The summed E-state index contributed by atoms with van der Waals surface area (Å²) in [7, 11) is 1.75. The first-order valence-corrected chi connectivity index (χ1v) is 7.13. The molecular formula is C16H20N4O. The molecule has 0 fully saturated rings. The first-order chi connectivity index (χ1) is 10.2. The van der Waals surface area contributed by atoms with Crippen molar-refractivity contribution in [1.29, 1.82) is 0 Å². The molecule has 0 radical (unpaired) electrons. The van der Waals surface area contributed by atoms with Crippen molar-refractivity contribution in [3.05, 3.63) is 47.9 Å². The van der Waals surface area contributed by atoms with Crippen molar-refractivity contribution < 1.29 is 4.79 Å². The van der Waals surface area contributed by atoms with E-state index < -0.39 is 0 Å². The minimum Gasteiger partial charge on any atom is -0.372 e. The summed E-state index contributed by atoms with van der Waals surface area (Å²) in [5, 5.41) is 5.68. The highest BCUT2D eigenvalue weighted by Crippen LogP contribution is 2.12. The summed E-state index contributed by atoms with van der Waals surface area (Å²) in [6, 6.07) is 7.92. The topological polar surface area (TPSA) is 66.9 Å². The maximum Gasteiger partial charge on any atom is 0.275 e. The Morgan fingerprint density at radius 2 is 1.90 bits per heavy atom. The molecule has 110 valence electrons. The van der Waals surface area contributed by atoms with Crippen LogP contribution in [0, 0.1) is 0 Å². The molecular weight excluding hydrogens is 264 g/mol. The molecule has 0 spiro atoms. The number of rotatable bonds is 6. The maximum absolute atomic E-state index is 12.0. The molecule has 1 heterocycles. The summed E-state index contributed by atoms with van der Waals surface area (Å²) in [4.78, 5) is 20.2. The third-order valence-corrected chi connectivity index (χ3v) is 3.17. The predicted octanol–water partition coefficient (Wildman–Crippen LogP) is 3.11. The molecule has 0 bridgehead atoms. The fourth-order valence-corrected chi connectivity index (χ4v) is 1.91. The zero-order valence-corrected chi connectivity index (χ0v) is 12.4. The number of benzene rings is 1. The number of amides is 1. The van der Waals surface area contributed by atoms with E-state index in [0.29, 0.717) is 11.5 Å². The van der Waals surface area contributed by atoms with E-state index >= 15 is 0 Å².